The average molecular weight is 431 g/mol. The van der Waals surface area contributed by atoms with Gasteiger partial charge in [0.05, 0.1) is 6.04 Å². The van der Waals surface area contributed by atoms with E-state index in [1.807, 2.05) is 6.92 Å². The molecule has 0 aliphatic carbocycles. The molecule has 29 heavy (non-hydrogen) atoms. The predicted octanol–water partition coefficient (Wildman–Crippen LogP) is -0.00920. The fraction of sp³-hybridized carbons (Fsp3) is 0.789. The molecule has 0 radical (unpaired) electrons. The number of rotatable bonds is 10. The standard InChI is InChI=1S/C19H34N4O5S/c1-5-11(4)15(19(27)28)22-17(25)14(10(2)3)21-16(24)13-7-6-8-23(13)18(26)12(20)9-29/h10-15,29H,5-9,20H2,1-4H3,(H,21,24)(H,22,25)(H,27,28). The Labute approximate surface area is 177 Å². The second-order valence-corrected chi connectivity index (χ2v) is 8.28. The largest absolute Gasteiger partial charge is 0.480 e. The van der Waals surface area contributed by atoms with Crippen LogP contribution in [0.3, 0.4) is 0 Å². The van der Waals surface area contributed by atoms with Gasteiger partial charge in [0.1, 0.15) is 18.1 Å². The summed E-state index contributed by atoms with van der Waals surface area (Å²) < 4.78 is 0. The van der Waals surface area contributed by atoms with Crippen molar-refractivity contribution in [3.8, 4) is 0 Å². The molecule has 5 atom stereocenters. The highest BCUT2D eigenvalue weighted by atomic mass is 32.1. The molecule has 1 heterocycles. The molecule has 0 aromatic carbocycles. The maximum Gasteiger partial charge on any atom is 0.326 e. The third-order valence-corrected chi connectivity index (χ3v) is 5.77. The van der Waals surface area contributed by atoms with Gasteiger partial charge in [-0.1, -0.05) is 34.1 Å². The van der Waals surface area contributed by atoms with Crippen LogP contribution in [0.25, 0.3) is 0 Å². The third-order valence-electron chi connectivity index (χ3n) is 5.38. The van der Waals surface area contributed by atoms with Crippen molar-refractivity contribution in [1.82, 2.24) is 15.5 Å². The molecule has 1 aliphatic rings. The van der Waals surface area contributed by atoms with Gasteiger partial charge in [-0.25, -0.2) is 4.79 Å². The Morgan fingerprint density at radius 1 is 1.17 bits per heavy atom. The zero-order valence-electron chi connectivity index (χ0n) is 17.6. The van der Waals surface area contributed by atoms with E-state index in [0.717, 1.165) is 0 Å². The van der Waals surface area contributed by atoms with Crippen LogP contribution in [0, 0.1) is 11.8 Å². The minimum Gasteiger partial charge on any atom is -0.480 e. The first-order valence-electron chi connectivity index (χ1n) is 10.1. The summed E-state index contributed by atoms with van der Waals surface area (Å²) >= 11 is 4.04. The molecular formula is C19H34N4O5S. The number of hydrogen-bond acceptors (Lipinski definition) is 6. The van der Waals surface area contributed by atoms with Gasteiger partial charge in [0, 0.05) is 12.3 Å². The smallest absolute Gasteiger partial charge is 0.326 e. The molecule has 1 fully saturated rings. The molecule has 5 N–H and O–H groups in total. The Bertz CT molecular complexity index is 615. The number of likely N-dealkylation sites (tertiary alicyclic amines) is 1. The number of nitrogens with one attached hydrogen (secondary N) is 2. The number of carbonyl (C=O) groups is 4. The molecule has 166 valence electrons. The number of carbonyl (C=O) groups excluding carboxylic acids is 3. The number of carboxylic acids is 1. The van der Waals surface area contributed by atoms with Crippen LogP contribution in [0.4, 0.5) is 0 Å². The van der Waals surface area contributed by atoms with Gasteiger partial charge in [-0.05, 0) is 24.7 Å². The Morgan fingerprint density at radius 3 is 2.28 bits per heavy atom. The highest BCUT2D eigenvalue weighted by Gasteiger charge is 2.38. The normalized spacial score (nSPS) is 20.7. The van der Waals surface area contributed by atoms with Gasteiger partial charge in [-0.2, -0.15) is 12.6 Å². The maximum atomic E-state index is 12.8. The summed E-state index contributed by atoms with van der Waals surface area (Å²) in [6.45, 7) is 7.53. The first kappa shape index (κ1) is 25.2. The number of nitrogens with two attached hydrogens (primary N) is 1. The first-order valence-corrected chi connectivity index (χ1v) is 10.7. The lowest BCUT2D eigenvalue weighted by atomic mass is 9.97. The monoisotopic (exact) mass is 430 g/mol. The van der Waals surface area contributed by atoms with E-state index in [4.69, 9.17) is 5.73 Å². The Balaban J connectivity index is 2.89. The summed E-state index contributed by atoms with van der Waals surface area (Å²) in [6.07, 6.45) is 1.73. The fourth-order valence-corrected chi connectivity index (χ4v) is 3.46. The van der Waals surface area contributed by atoms with Crippen molar-refractivity contribution >= 4 is 36.3 Å². The van der Waals surface area contributed by atoms with Crippen molar-refractivity contribution < 1.29 is 24.3 Å². The molecule has 9 nitrogen and oxygen atoms in total. The van der Waals surface area contributed by atoms with Gasteiger partial charge in [0.15, 0.2) is 0 Å². The SMILES string of the molecule is CCC(C)C(NC(=O)C(NC(=O)C1CCCN1C(=O)C(N)CS)C(C)C)C(=O)O. The summed E-state index contributed by atoms with van der Waals surface area (Å²) in [5, 5.41) is 14.7. The van der Waals surface area contributed by atoms with Gasteiger partial charge in [0.25, 0.3) is 0 Å². The molecule has 5 unspecified atom stereocenters. The highest BCUT2D eigenvalue weighted by molar-refractivity contribution is 7.80. The molecule has 0 bridgehead atoms. The number of nitrogens with zero attached hydrogens (tertiary/aromatic N) is 1. The van der Waals surface area contributed by atoms with Gasteiger partial charge in [-0.3, -0.25) is 14.4 Å². The average Bonchev–Trinajstić information content (AvgIpc) is 3.17. The summed E-state index contributed by atoms with van der Waals surface area (Å²) in [7, 11) is 0. The summed E-state index contributed by atoms with van der Waals surface area (Å²) in [6, 6.07) is -3.44. The van der Waals surface area contributed by atoms with Crippen LogP contribution < -0.4 is 16.4 Å². The zero-order valence-corrected chi connectivity index (χ0v) is 18.4. The molecule has 0 aromatic rings. The fourth-order valence-electron chi connectivity index (χ4n) is 3.30. The van der Waals surface area contributed by atoms with Gasteiger partial charge in [-0.15, -0.1) is 0 Å². The Morgan fingerprint density at radius 2 is 1.79 bits per heavy atom. The molecule has 1 saturated heterocycles. The van der Waals surface area contributed by atoms with E-state index in [1.54, 1.807) is 20.8 Å². The van der Waals surface area contributed by atoms with Crippen LogP contribution >= 0.6 is 12.6 Å². The van der Waals surface area contributed by atoms with Crippen molar-refractivity contribution in [2.75, 3.05) is 12.3 Å². The molecule has 10 heteroatoms. The quantitative estimate of drug-likeness (QED) is 0.309. The second kappa shape index (κ2) is 11.4. The number of thiol groups is 1. The molecule has 1 rings (SSSR count). The van der Waals surface area contributed by atoms with Crippen molar-refractivity contribution in [3.63, 3.8) is 0 Å². The second-order valence-electron chi connectivity index (χ2n) is 7.92. The van der Waals surface area contributed by atoms with Crippen LogP contribution in [0.2, 0.25) is 0 Å². The number of hydrogen-bond donors (Lipinski definition) is 5. The summed E-state index contributed by atoms with van der Waals surface area (Å²) in [4.78, 5) is 50.9. The van der Waals surface area contributed by atoms with Crippen LogP contribution in [0.15, 0.2) is 0 Å². The lowest BCUT2D eigenvalue weighted by Crippen LogP contribution is -2.58. The topological polar surface area (TPSA) is 142 Å². The molecule has 1 aliphatic heterocycles. The van der Waals surface area contributed by atoms with Crippen molar-refractivity contribution in [2.24, 2.45) is 17.6 Å². The van der Waals surface area contributed by atoms with E-state index in [0.29, 0.717) is 25.8 Å². The number of aliphatic carboxylic acids is 1. The van der Waals surface area contributed by atoms with E-state index in [1.165, 1.54) is 4.90 Å². The van der Waals surface area contributed by atoms with Gasteiger partial charge < -0.3 is 26.4 Å². The Kier molecular flexibility index (Phi) is 9.91. The predicted molar refractivity (Wildman–Crippen MR) is 112 cm³/mol. The molecule has 0 saturated carbocycles. The third kappa shape index (κ3) is 6.60. The molecular weight excluding hydrogens is 396 g/mol. The van der Waals surface area contributed by atoms with Crippen LogP contribution in [0.1, 0.15) is 47.0 Å². The Hall–Kier alpha value is -1.81. The van der Waals surface area contributed by atoms with Crippen LogP contribution in [-0.4, -0.2) is 70.2 Å². The van der Waals surface area contributed by atoms with Gasteiger partial charge in [0.2, 0.25) is 17.7 Å². The van der Waals surface area contributed by atoms with E-state index in [2.05, 4.69) is 23.3 Å². The number of amides is 3. The molecule has 0 aromatic heterocycles. The highest BCUT2D eigenvalue weighted by Crippen LogP contribution is 2.19. The molecule has 0 spiro atoms. The van der Waals surface area contributed by atoms with E-state index >= 15 is 0 Å². The van der Waals surface area contributed by atoms with Gasteiger partial charge >= 0.3 is 5.97 Å². The lowest BCUT2D eigenvalue weighted by molar-refractivity contribution is -0.144. The minimum absolute atomic E-state index is 0.173. The summed E-state index contributed by atoms with van der Waals surface area (Å²) in [5.74, 6) is -2.80. The van der Waals surface area contributed by atoms with Crippen molar-refractivity contribution in [2.45, 2.75) is 71.1 Å². The van der Waals surface area contributed by atoms with Crippen LogP contribution in [-0.2, 0) is 19.2 Å². The maximum absolute atomic E-state index is 12.8. The van der Waals surface area contributed by atoms with E-state index < -0.39 is 42.0 Å². The zero-order chi connectivity index (χ0) is 22.3. The van der Waals surface area contributed by atoms with E-state index in [9.17, 15) is 24.3 Å². The molecule has 3 amide bonds. The van der Waals surface area contributed by atoms with Crippen molar-refractivity contribution in [1.29, 1.82) is 0 Å². The minimum atomic E-state index is -1.12. The first-order chi connectivity index (χ1) is 13.5. The van der Waals surface area contributed by atoms with Crippen molar-refractivity contribution in [3.05, 3.63) is 0 Å². The number of carboxylic acid groups (broad SMARTS) is 1. The van der Waals surface area contributed by atoms with E-state index in [-0.39, 0.29) is 23.5 Å². The lowest BCUT2D eigenvalue weighted by Gasteiger charge is -2.30. The van der Waals surface area contributed by atoms with Crippen LogP contribution in [0.5, 0.6) is 0 Å². The summed E-state index contributed by atoms with van der Waals surface area (Å²) in [5.41, 5.74) is 5.76.